The summed E-state index contributed by atoms with van der Waals surface area (Å²) >= 11 is 6.10. The lowest BCUT2D eigenvalue weighted by molar-refractivity contribution is -0.165. The van der Waals surface area contributed by atoms with Crippen LogP contribution < -0.4 is 4.90 Å². The SMILES string of the molecule is Cc1ccc(Cl)cc1N1CCN(C(=O)CC2C[C@]2(c2ccc(F)cc2)C(F)(F)F)CC1. The third-order valence-corrected chi connectivity index (χ3v) is 6.77. The third-order valence-electron chi connectivity index (χ3n) is 6.54. The van der Waals surface area contributed by atoms with Gasteiger partial charge in [0.05, 0.1) is 5.41 Å². The fourth-order valence-corrected chi connectivity index (χ4v) is 4.81. The van der Waals surface area contributed by atoms with Gasteiger partial charge in [0, 0.05) is 43.3 Å². The van der Waals surface area contributed by atoms with Crippen LogP contribution in [0.1, 0.15) is 24.0 Å². The van der Waals surface area contributed by atoms with Crippen LogP contribution >= 0.6 is 11.6 Å². The van der Waals surface area contributed by atoms with Crippen molar-refractivity contribution in [3.05, 3.63) is 64.4 Å². The van der Waals surface area contributed by atoms with Crippen molar-refractivity contribution in [2.24, 2.45) is 5.92 Å². The number of hydrogen-bond donors (Lipinski definition) is 0. The molecule has 8 heteroatoms. The highest BCUT2D eigenvalue weighted by Crippen LogP contribution is 2.64. The fourth-order valence-electron chi connectivity index (χ4n) is 4.65. The van der Waals surface area contributed by atoms with Gasteiger partial charge in [-0.2, -0.15) is 13.2 Å². The van der Waals surface area contributed by atoms with E-state index >= 15 is 0 Å². The van der Waals surface area contributed by atoms with Crippen molar-refractivity contribution in [3.63, 3.8) is 0 Å². The largest absolute Gasteiger partial charge is 0.398 e. The zero-order valence-electron chi connectivity index (χ0n) is 17.1. The Bertz CT molecular complexity index is 971. The van der Waals surface area contributed by atoms with Gasteiger partial charge in [0.15, 0.2) is 0 Å². The van der Waals surface area contributed by atoms with Gasteiger partial charge in [0.25, 0.3) is 0 Å². The lowest BCUT2D eigenvalue weighted by atomic mass is 9.91. The van der Waals surface area contributed by atoms with E-state index in [9.17, 15) is 22.4 Å². The minimum absolute atomic E-state index is 0.0282. The molecule has 0 aromatic heterocycles. The zero-order chi connectivity index (χ0) is 22.4. The molecular weight excluding hydrogens is 432 g/mol. The summed E-state index contributed by atoms with van der Waals surface area (Å²) in [5, 5.41) is 0.636. The van der Waals surface area contributed by atoms with Crippen LogP contribution in [0.15, 0.2) is 42.5 Å². The molecule has 4 rings (SSSR count). The number of carbonyl (C=O) groups excluding carboxylic acids is 1. The molecule has 1 heterocycles. The lowest BCUT2D eigenvalue weighted by Crippen LogP contribution is -2.49. The van der Waals surface area contributed by atoms with E-state index in [0.717, 1.165) is 23.4 Å². The van der Waals surface area contributed by atoms with Crippen molar-refractivity contribution in [2.75, 3.05) is 31.1 Å². The van der Waals surface area contributed by atoms with Crippen molar-refractivity contribution in [3.8, 4) is 0 Å². The predicted molar refractivity (Wildman–Crippen MR) is 112 cm³/mol. The highest BCUT2D eigenvalue weighted by Gasteiger charge is 2.71. The molecule has 1 saturated heterocycles. The molecule has 0 radical (unpaired) electrons. The number of halogens is 5. The number of aryl methyl sites for hydroxylation is 1. The van der Waals surface area contributed by atoms with E-state index in [2.05, 4.69) is 4.90 Å². The molecule has 2 aromatic carbocycles. The molecule has 3 nitrogen and oxygen atoms in total. The lowest BCUT2D eigenvalue weighted by Gasteiger charge is -2.37. The number of piperazine rings is 1. The van der Waals surface area contributed by atoms with Gasteiger partial charge in [-0.15, -0.1) is 0 Å². The maximum absolute atomic E-state index is 13.9. The number of carbonyl (C=O) groups is 1. The topological polar surface area (TPSA) is 23.6 Å². The first-order valence-corrected chi connectivity index (χ1v) is 10.6. The van der Waals surface area contributed by atoms with Crippen molar-refractivity contribution >= 4 is 23.2 Å². The molecule has 1 saturated carbocycles. The Kier molecular flexibility index (Phi) is 5.66. The van der Waals surface area contributed by atoms with Crippen LogP contribution in [0.3, 0.4) is 0 Å². The van der Waals surface area contributed by atoms with E-state index in [4.69, 9.17) is 11.6 Å². The summed E-state index contributed by atoms with van der Waals surface area (Å²) < 4.78 is 54.9. The monoisotopic (exact) mass is 454 g/mol. The van der Waals surface area contributed by atoms with Crippen LogP contribution in [0.4, 0.5) is 23.2 Å². The van der Waals surface area contributed by atoms with Crippen molar-refractivity contribution in [2.45, 2.75) is 31.4 Å². The molecule has 0 N–H and O–H groups in total. The quantitative estimate of drug-likeness (QED) is 0.582. The van der Waals surface area contributed by atoms with Crippen molar-refractivity contribution in [1.29, 1.82) is 0 Å². The first kappa shape index (κ1) is 21.9. The average molecular weight is 455 g/mol. The van der Waals surface area contributed by atoms with Gasteiger partial charge in [-0.25, -0.2) is 4.39 Å². The summed E-state index contributed by atoms with van der Waals surface area (Å²) in [5.74, 6) is -1.67. The van der Waals surface area contributed by atoms with Gasteiger partial charge in [-0.05, 0) is 54.7 Å². The first-order valence-electron chi connectivity index (χ1n) is 10.2. The van der Waals surface area contributed by atoms with Crippen LogP contribution in [-0.4, -0.2) is 43.2 Å². The molecule has 1 unspecified atom stereocenters. The van der Waals surface area contributed by atoms with E-state index in [0.29, 0.717) is 31.2 Å². The molecular formula is C23H23ClF4N2O. The van der Waals surface area contributed by atoms with Gasteiger partial charge >= 0.3 is 6.18 Å². The highest BCUT2D eigenvalue weighted by atomic mass is 35.5. The number of rotatable bonds is 4. The summed E-state index contributed by atoms with van der Waals surface area (Å²) in [5.41, 5.74) is 0.0573. The van der Waals surface area contributed by atoms with E-state index in [1.54, 1.807) is 4.90 Å². The predicted octanol–water partition coefficient (Wildman–Crippen LogP) is 5.35. The van der Waals surface area contributed by atoms with Gasteiger partial charge in [0.2, 0.25) is 5.91 Å². The van der Waals surface area contributed by atoms with E-state index < -0.39 is 23.3 Å². The van der Waals surface area contributed by atoms with Gasteiger partial charge in [-0.3, -0.25) is 4.79 Å². The van der Waals surface area contributed by atoms with E-state index in [-0.39, 0.29) is 24.3 Å². The summed E-state index contributed by atoms with van der Waals surface area (Å²) in [6.45, 7) is 4.09. The Morgan fingerprint density at radius 1 is 1.10 bits per heavy atom. The molecule has 166 valence electrons. The molecule has 1 aliphatic carbocycles. The maximum Gasteiger partial charge on any atom is 0.398 e. The summed E-state index contributed by atoms with van der Waals surface area (Å²) in [7, 11) is 0. The summed E-state index contributed by atoms with van der Waals surface area (Å²) in [6.07, 6.45) is -4.79. The number of anilines is 1. The maximum atomic E-state index is 13.9. The van der Waals surface area contributed by atoms with Crippen LogP contribution in [0.25, 0.3) is 0 Å². The highest BCUT2D eigenvalue weighted by molar-refractivity contribution is 6.30. The summed E-state index contributed by atoms with van der Waals surface area (Å²) in [4.78, 5) is 16.6. The zero-order valence-corrected chi connectivity index (χ0v) is 17.8. The van der Waals surface area contributed by atoms with Crippen LogP contribution in [0.2, 0.25) is 5.02 Å². The van der Waals surface area contributed by atoms with Crippen LogP contribution in [0.5, 0.6) is 0 Å². The Balaban J connectivity index is 1.40. The number of amides is 1. The molecule has 0 spiro atoms. The first-order chi connectivity index (χ1) is 14.6. The van der Waals surface area contributed by atoms with Gasteiger partial charge < -0.3 is 9.80 Å². The third kappa shape index (κ3) is 4.12. The van der Waals surface area contributed by atoms with Crippen molar-refractivity contribution < 1.29 is 22.4 Å². The molecule has 1 amide bonds. The Morgan fingerprint density at radius 3 is 2.35 bits per heavy atom. The van der Waals surface area contributed by atoms with Crippen LogP contribution in [0, 0.1) is 18.7 Å². The van der Waals surface area contributed by atoms with Crippen LogP contribution in [-0.2, 0) is 10.2 Å². The van der Waals surface area contributed by atoms with Crippen molar-refractivity contribution in [1.82, 2.24) is 4.90 Å². The number of benzene rings is 2. The van der Waals surface area contributed by atoms with Gasteiger partial charge in [-0.1, -0.05) is 29.8 Å². The Morgan fingerprint density at radius 2 is 1.74 bits per heavy atom. The van der Waals surface area contributed by atoms with E-state index in [1.165, 1.54) is 12.1 Å². The van der Waals surface area contributed by atoms with E-state index in [1.807, 2.05) is 25.1 Å². The second kappa shape index (κ2) is 8.01. The molecule has 1 aliphatic heterocycles. The minimum Gasteiger partial charge on any atom is -0.368 e. The molecule has 31 heavy (non-hydrogen) atoms. The minimum atomic E-state index is -4.49. The van der Waals surface area contributed by atoms with Gasteiger partial charge in [0.1, 0.15) is 5.82 Å². The Hall–Kier alpha value is -2.28. The number of alkyl halides is 3. The second-order valence-corrected chi connectivity index (χ2v) is 8.82. The smallest absolute Gasteiger partial charge is 0.368 e. The Labute approximate surface area is 183 Å². The molecule has 2 fully saturated rings. The molecule has 2 aromatic rings. The standard InChI is InChI=1S/C23H23ClF4N2O/c1-15-2-5-18(24)13-20(15)29-8-10-30(11-9-29)21(31)12-17-14-22(17,23(26,27)28)16-3-6-19(25)7-4-16/h2-7,13,17H,8-12,14H2,1H3/t17?,22-/m1/s1. The normalized spacial score (nSPS) is 23.7. The fraction of sp³-hybridized carbons (Fsp3) is 0.435. The molecule has 2 aliphatic rings. The number of nitrogens with zero attached hydrogens (tertiary/aromatic N) is 2. The second-order valence-electron chi connectivity index (χ2n) is 8.38. The molecule has 2 atom stereocenters. The number of hydrogen-bond acceptors (Lipinski definition) is 2. The average Bonchev–Trinajstić information content (AvgIpc) is 3.45. The molecule has 0 bridgehead atoms. The summed E-state index contributed by atoms with van der Waals surface area (Å²) in [6, 6.07) is 10.1.